The Morgan fingerprint density at radius 1 is 1.25 bits per heavy atom. The maximum absolute atomic E-state index is 12.8. The average Bonchev–Trinajstić information content (AvgIpc) is 2.97. The van der Waals surface area contributed by atoms with Crippen LogP contribution < -0.4 is 5.32 Å². The van der Waals surface area contributed by atoms with Gasteiger partial charge in [-0.15, -0.1) is 0 Å². The molecule has 2 saturated heterocycles. The maximum Gasteiger partial charge on any atom is 0.240 e. The molecular weight excluding hydrogens is 248 g/mol. The minimum Gasteiger partial charge on any atom is -0.334 e. The molecule has 3 unspecified atom stereocenters. The van der Waals surface area contributed by atoms with Crippen molar-refractivity contribution in [2.45, 2.75) is 44.7 Å². The molecule has 0 aliphatic carbocycles. The van der Waals surface area contributed by atoms with Crippen molar-refractivity contribution in [2.24, 2.45) is 5.92 Å². The van der Waals surface area contributed by atoms with Gasteiger partial charge in [0.15, 0.2) is 0 Å². The van der Waals surface area contributed by atoms with Gasteiger partial charge >= 0.3 is 0 Å². The van der Waals surface area contributed by atoms with Crippen molar-refractivity contribution < 1.29 is 4.79 Å². The summed E-state index contributed by atoms with van der Waals surface area (Å²) in [5.41, 5.74) is 1.28. The number of nitrogens with one attached hydrogen (secondary N) is 1. The van der Waals surface area contributed by atoms with Crippen molar-refractivity contribution in [2.75, 3.05) is 13.1 Å². The monoisotopic (exact) mass is 272 g/mol. The van der Waals surface area contributed by atoms with Crippen molar-refractivity contribution in [3.05, 3.63) is 35.9 Å². The van der Waals surface area contributed by atoms with Crippen LogP contribution in [0, 0.1) is 5.92 Å². The Bertz CT molecular complexity index is 459. The standard InChI is InChI=1S/C17H24N2O/c1-13-9-10-18-15(12-13)17(20)19-11-5-8-16(19)14-6-3-2-4-7-14/h2-4,6-7,13,15-16,18H,5,8-12H2,1H3. The number of hydrogen-bond donors (Lipinski definition) is 1. The fourth-order valence-electron chi connectivity index (χ4n) is 3.55. The van der Waals surface area contributed by atoms with E-state index in [4.69, 9.17) is 0 Å². The Hall–Kier alpha value is -1.35. The molecule has 2 aliphatic heterocycles. The summed E-state index contributed by atoms with van der Waals surface area (Å²) in [7, 11) is 0. The Kier molecular flexibility index (Phi) is 4.06. The number of piperidine rings is 1. The number of nitrogens with zero attached hydrogens (tertiary/aromatic N) is 1. The van der Waals surface area contributed by atoms with Crippen LogP contribution in [0.25, 0.3) is 0 Å². The molecule has 1 amide bonds. The second kappa shape index (κ2) is 5.96. The van der Waals surface area contributed by atoms with Gasteiger partial charge < -0.3 is 10.2 Å². The molecule has 2 aliphatic rings. The number of rotatable bonds is 2. The summed E-state index contributed by atoms with van der Waals surface area (Å²) in [6, 6.07) is 10.8. The van der Waals surface area contributed by atoms with Crippen LogP contribution in [0.5, 0.6) is 0 Å². The quantitative estimate of drug-likeness (QED) is 0.898. The number of benzene rings is 1. The first-order valence-electron chi connectivity index (χ1n) is 7.84. The highest BCUT2D eigenvalue weighted by molar-refractivity contribution is 5.82. The molecule has 2 fully saturated rings. The van der Waals surface area contributed by atoms with Gasteiger partial charge in [0.25, 0.3) is 0 Å². The van der Waals surface area contributed by atoms with E-state index in [9.17, 15) is 4.79 Å². The van der Waals surface area contributed by atoms with E-state index in [2.05, 4.69) is 41.4 Å². The molecule has 1 N–H and O–H groups in total. The highest BCUT2D eigenvalue weighted by Crippen LogP contribution is 2.33. The Morgan fingerprint density at radius 2 is 2.05 bits per heavy atom. The zero-order valence-electron chi connectivity index (χ0n) is 12.2. The number of carbonyl (C=O) groups is 1. The van der Waals surface area contributed by atoms with Gasteiger partial charge in [-0.3, -0.25) is 4.79 Å². The molecule has 3 atom stereocenters. The lowest BCUT2D eigenvalue weighted by atomic mass is 9.93. The van der Waals surface area contributed by atoms with Crippen molar-refractivity contribution in [3.8, 4) is 0 Å². The zero-order chi connectivity index (χ0) is 13.9. The number of hydrogen-bond acceptors (Lipinski definition) is 2. The largest absolute Gasteiger partial charge is 0.334 e. The molecule has 20 heavy (non-hydrogen) atoms. The summed E-state index contributed by atoms with van der Waals surface area (Å²) in [5.74, 6) is 0.964. The third kappa shape index (κ3) is 2.73. The minimum atomic E-state index is 0.0306. The fraction of sp³-hybridized carbons (Fsp3) is 0.588. The van der Waals surface area contributed by atoms with Gasteiger partial charge in [0, 0.05) is 6.54 Å². The van der Waals surface area contributed by atoms with Crippen LogP contribution in [-0.4, -0.2) is 29.9 Å². The number of likely N-dealkylation sites (tertiary alicyclic amines) is 1. The van der Waals surface area contributed by atoms with E-state index in [0.29, 0.717) is 11.8 Å². The summed E-state index contributed by atoms with van der Waals surface area (Å²) in [4.78, 5) is 14.9. The fourth-order valence-corrected chi connectivity index (χ4v) is 3.55. The van der Waals surface area contributed by atoms with E-state index < -0.39 is 0 Å². The summed E-state index contributed by atoms with van der Waals surface area (Å²) in [5, 5.41) is 3.41. The second-order valence-corrected chi connectivity index (χ2v) is 6.24. The van der Waals surface area contributed by atoms with Crippen LogP contribution in [0.2, 0.25) is 0 Å². The van der Waals surface area contributed by atoms with Crippen LogP contribution in [0.1, 0.15) is 44.2 Å². The van der Waals surface area contributed by atoms with E-state index in [-0.39, 0.29) is 12.1 Å². The molecule has 0 spiro atoms. The molecule has 0 saturated carbocycles. The normalized spacial score (nSPS) is 30.4. The predicted molar refractivity (Wildman–Crippen MR) is 80.3 cm³/mol. The molecule has 0 bridgehead atoms. The molecule has 3 nitrogen and oxygen atoms in total. The Labute approximate surface area is 121 Å². The maximum atomic E-state index is 12.8. The topological polar surface area (TPSA) is 32.3 Å². The summed E-state index contributed by atoms with van der Waals surface area (Å²) >= 11 is 0. The van der Waals surface area contributed by atoms with Gasteiger partial charge in [0.2, 0.25) is 5.91 Å². The molecule has 1 aromatic carbocycles. The van der Waals surface area contributed by atoms with Crippen LogP contribution in [-0.2, 0) is 4.79 Å². The molecule has 1 aromatic rings. The molecule has 0 radical (unpaired) electrons. The highest BCUT2D eigenvalue weighted by Gasteiger charge is 2.35. The van der Waals surface area contributed by atoms with Gasteiger partial charge in [-0.2, -0.15) is 0 Å². The molecule has 0 aromatic heterocycles. The van der Waals surface area contributed by atoms with Crippen LogP contribution in [0.3, 0.4) is 0 Å². The van der Waals surface area contributed by atoms with Crippen LogP contribution in [0.15, 0.2) is 30.3 Å². The summed E-state index contributed by atoms with van der Waals surface area (Å²) in [6.07, 6.45) is 4.38. The van der Waals surface area contributed by atoms with Gasteiger partial charge in [0.05, 0.1) is 12.1 Å². The third-order valence-corrected chi connectivity index (χ3v) is 4.68. The van der Waals surface area contributed by atoms with E-state index in [1.165, 1.54) is 12.0 Å². The Morgan fingerprint density at radius 3 is 2.80 bits per heavy atom. The van der Waals surface area contributed by atoms with Gasteiger partial charge in [-0.05, 0) is 43.7 Å². The van der Waals surface area contributed by atoms with E-state index in [1.807, 2.05) is 6.07 Å². The molecular formula is C17H24N2O. The van der Waals surface area contributed by atoms with E-state index in [1.54, 1.807) is 0 Å². The first-order chi connectivity index (χ1) is 9.75. The van der Waals surface area contributed by atoms with Crippen molar-refractivity contribution in [1.29, 1.82) is 0 Å². The van der Waals surface area contributed by atoms with Crippen LogP contribution >= 0.6 is 0 Å². The summed E-state index contributed by atoms with van der Waals surface area (Å²) in [6.45, 7) is 4.13. The first kappa shape index (κ1) is 13.6. The molecule has 3 rings (SSSR count). The Balaban J connectivity index is 1.73. The van der Waals surface area contributed by atoms with Crippen LogP contribution in [0.4, 0.5) is 0 Å². The lowest BCUT2D eigenvalue weighted by molar-refractivity contribution is -0.135. The minimum absolute atomic E-state index is 0.0306. The molecule has 3 heteroatoms. The van der Waals surface area contributed by atoms with E-state index in [0.717, 1.165) is 32.4 Å². The molecule has 2 heterocycles. The van der Waals surface area contributed by atoms with Crippen molar-refractivity contribution in [3.63, 3.8) is 0 Å². The lowest BCUT2D eigenvalue weighted by Crippen LogP contribution is -2.49. The van der Waals surface area contributed by atoms with Gasteiger partial charge in [-0.1, -0.05) is 37.3 Å². The smallest absolute Gasteiger partial charge is 0.240 e. The third-order valence-electron chi connectivity index (χ3n) is 4.68. The first-order valence-corrected chi connectivity index (χ1v) is 7.84. The number of amides is 1. The van der Waals surface area contributed by atoms with E-state index >= 15 is 0 Å². The average molecular weight is 272 g/mol. The SMILES string of the molecule is CC1CCNC(C(=O)N2CCCC2c2ccccc2)C1. The van der Waals surface area contributed by atoms with Gasteiger partial charge in [0.1, 0.15) is 0 Å². The van der Waals surface area contributed by atoms with Crippen molar-refractivity contribution in [1.82, 2.24) is 10.2 Å². The highest BCUT2D eigenvalue weighted by atomic mass is 16.2. The predicted octanol–water partition coefficient (Wildman–Crippen LogP) is 2.74. The number of carbonyl (C=O) groups excluding carboxylic acids is 1. The molecule has 108 valence electrons. The van der Waals surface area contributed by atoms with Crippen molar-refractivity contribution >= 4 is 5.91 Å². The van der Waals surface area contributed by atoms with Gasteiger partial charge in [-0.25, -0.2) is 0 Å². The zero-order valence-corrected chi connectivity index (χ0v) is 12.2. The lowest BCUT2D eigenvalue weighted by Gasteiger charge is -2.33. The second-order valence-electron chi connectivity index (χ2n) is 6.24. The summed E-state index contributed by atoms with van der Waals surface area (Å²) < 4.78 is 0.